The van der Waals surface area contributed by atoms with E-state index < -0.39 is 17.9 Å². The summed E-state index contributed by atoms with van der Waals surface area (Å²) < 4.78 is 37.7. The van der Waals surface area contributed by atoms with Crippen molar-refractivity contribution in [2.75, 3.05) is 32.7 Å². The van der Waals surface area contributed by atoms with Gasteiger partial charge >= 0.3 is 6.18 Å². The Morgan fingerprint density at radius 1 is 1.39 bits per heavy atom. The van der Waals surface area contributed by atoms with E-state index in [1.807, 2.05) is 0 Å². The van der Waals surface area contributed by atoms with Crippen LogP contribution in [0.15, 0.2) is 5.16 Å². The van der Waals surface area contributed by atoms with Crippen LogP contribution in [0.4, 0.5) is 13.2 Å². The van der Waals surface area contributed by atoms with E-state index in [0.29, 0.717) is 6.54 Å². The number of nitrogens with zero attached hydrogens (tertiary/aromatic N) is 2. The van der Waals surface area contributed by atoms with Gasteiger partial charge in [-0.1, -0.05) is 5.16 Å². The average molecular weight is 268 g/mol. The molecule has 0 bridgehead atoms. The van der Waals surface area contributed by atoms with Crippen LogP contribution in [-0.2, 0) is 0 Å². The number of nitrogens with one attached hydrogen (secondary N) is 1. The second-order valence-corrected chi connectivity index (χ2v) is 4.37. The van der Waals surface area contributed by atoms with Gasteiger partial charge in [-0.2, -0.15) is 13.2 Å². The Balaban J connectivity index is 2.29. The number of hydrogen-bond acceptors (Lipinski definition) is 4. The van der Waals surface area contributed by atoms with Gasteiger partial charge in [-0.25, -0.2) is 0 Å². The van der Waals surface area contributed by atoms with Crippen molar-refractivity contribution >= 4 is 5.84 Å². The first-order chi connectivity index (χ1) is 8.45. The number of hydrogen-bond donors (Lipinski definition) is 3. The summed E-state index contributed by atoms with van der Waals surface area (Å²) in [5.41, 5.74) is 5.04. The number of amidine groups is 1. The molecule has 0 saturated carbocycles. The maximum Gasteiger partial charge on any atom is 0.400 e. The molecule has 5 nitrogen and oxygen atoms in total. The van der Waals surface area contributed by atoms with E-state index in [9.17, 15) is 13.2 Å². The zero-order valence-electron chi connectivity index (χ0n) is 10.1. The normalized spacial score (nSPS) is 20.3. The highest BCUT2D eigenvalue weighted by molar-refractivity contribution is 5.83. The van der Waals surface area contributed by atoms with E-state index in [4.69, 9.17) is 10.9 Å². The second-order valence-electron chi connectivity index (χ2n) is 4.37. The van der Waals surface area contributed by atoms with Crippen LogP contribution >= 0.6 is 0 Å². The molecule has 0 aromatic heterocycles. The Hall–Kier alpha value is -1.02. The molecule has 1 unspecified atom stereocenters. The number of nitrogens with two attached hydrogens (primary N) is 1. The van der Waals surface area contributed by atoms with Crippen molar-refractivity contribution in [2.24, 2.45) is 16.8 Å². The van der Waals surface area contributed by atoms with Crippen molar-refractivity contribution in [1.29, 1.82) is 0 Å². The Morgan fingerprint density at radius 2 is 2.00 bits per heavy atom. The van der Waals surface area contributed by atoms with Crippen LogP contribution in [0.3, 0.4) is 0 Å². The lowest BCUT2D eigenvalue weighted by molar-refractivity contribution is -0.154. The molecule has 1 fully saturated rings. The van der Waals surface area contributed by atoms with Crippen LogP contribution < -0.4 is 11.1 Å². The molecule has 18 heavy (non-hydrogen) atoms. The molecule has 0 aromatic carbocycles. The van der Waals surface area contributed by atoms with Crippen molar-refractivity contribution < 1.29 is 18.4 Å². The quantitative estimate of drug-likeness (QED) is 0.217. The van der Waals surface area contributed by atoms with E-state index in [2.05, 4.69) is 15.4 Å². The predicted molar refractivity (Wildman–Crippen MR) is 61.5 cm³/mol. The molecular formula is C10H19F3N4O. The van der Waals surface area contributed by atoms with Crippen molar-refractivity contribution in [3.63, 3.8) is 0 Å². The molecule has 106 valence electrons. The van der Waals surface area contributed by atoms with Crippen molar-refractivity contribution in [1.82, 2.24) is 10.2 Å². The fourth-order valence-electron chi connectivity index (χ4n) is 1.95. The van der Waals surface area contributed by atoms with Gasteiger partial charge in [-0.05, 0) is 25.9 Å². The van der Waals surface area contributed by atoms with Gasteiger partial charge in [0.25, 0.3) is 0 Å². The summed E-state index contributed by atoms with van der Waals surface area (Å²) in [4.78, 5) is 2.19. The topological polar surface area (TPSA) is 73.9 Å². The lowest BCUT2D eigenvalue weighted by Gasteiger charge is -2.20. The molecule has 0 radical (unpaired) electrons. The predicted octanol–water partition coefficient (Wildman–Crippen LogP) is 0.597. The summed E-state index contributed by atoms with van der Waals surface area (Å²) in [6, 6.07) is 0. The molecular weight excluding hydrogens is 249 g/mol. The van der Waals surface area contributed by atoms with Crippen LogP contribution in [0.2, 0.25) is 0 Å². The third kappa shape index (κ3) is 4.69. The van der Waals surface area contributed by atoms with Crippen LogP contribution in [0, 0.1) is 5.92 Å². The highest BCUT2D eigenvalue weighted by atomic mass is 19.4. The molecule has 1 atom stereocenters. The third-order valence-electron chi connectivity index (χ3n) is 3.02. The molecule has 4 N–H and O–H groups in total. The smallest absolute Gasteiger partial charge is 0.400 e. The van der Waals surface area contributed by atoms with Gasteiger partial charge in [-0.15, -0.1) is 0 Å². The molecule has 1 saturated heterocycles. The molecule has 8 heteroatoms. The molecule has 1 rings (SSSR count). The lowest BCUT2D eigenvalue weighted by atomic mass is 10.1. The fourth-order valence-corrected chi connectivity index (χ4v) is 1.95. The Morgan fingerprint density at radius 3 is 2.50 bits per heavy atom. The standard InChI is InChI=1S/C10H19F3N4O/c11-10(12,13)8(9(14)16-18)7-15-3-6-17-4-1-2-5-17/h8,15,18H,1-7H2,(H2,14,16). The van der Waals surface area contributed by atoms with E-state index in [1.165, 1.54) is 0 Å². The summed E-state index contributed by atoms with van der Waals surface area (Å²) in [6.45, 7) is 2.83. The lowest BCUT2D eigenvalue weighted by Crippen LogP contribution is -2.44. The summed E-state index contributed by atoms with van der Waals surface area (Å²) in [7, 11) is 0. The zero-order chi connectivity index (χ0) is 13.6. The van der Waals surface area contributed by atoms with Crippen molar-refractivity contribution in [2.45, 2.75) is 19.0 Å². The molecule has 0 aromatic rings. The van der Waals surface area contributed by atoms with Crippen LogP contribution in [0.25, 0.3) is 0 Å². The van der Waals surface area contributed by atoms with Crippen LogP contribution in [0.5, 0.6) is 0 Å². The number of oxime groups is 1. The van der Waals surface area contributed by atoms with E-state index in [-0.39, 0.29) is 6.54 Å². The maximum absolute atomic E-state index is 12.6. The summed E-state index contributed by atoms with van der Waals surface area (Å²) >= 11 is 0. The van der Waals surface area contributed by atoms with Gasteiger partial charge in [-0.3, -0.25) is 0 Å². The minimum atomic E-state index is -4.50. The van der Waals surface area contributed by atoms with E-state index in [0.717, 1.165) is 32.5 Å². The highest BCUT2D eigenvalue weighted by Crippen LogP contribution is 2.25. The van der Waals surface area contributed by atoms with Gasteiger partial charge in [0.1, 0.15) is 5.92 Å². The number of alkyl halides is 3. The molecule has 1 aliphatic heterocycles. The van der Waals surface area contributed by atoms with E-state index >= 15 is 0 Å². The average Bonchev–Trinajstić information content (AvgIpc) is 2.79. The van der Waals surface area contributed by atoms with Gasteiger partial charge in [0, 0.05) is 19.6 Å². The second kappa shape index (κ2) is 6.79. The van der Waals surface area contributed by atoms with E-state index in [1.54, 1.807) is 0 Å². The highest BCUT2D eigenvalue weighted by Gasteiger charge is 2.42. The first-order valence-electron chi connectivity index (χ1n) is 5.92. The zero-order valence-corrected chi connectivity index (χ0v) is 10.1. The summed E-state index contributed by atoms with van der Waals surface area (Å²) in [5, 5.41) is 13.5. The Bertz CT molecular complexity index is 277. The molecule has 1 heterocycles. The minimum Gasteiger partial charge on any atom is -0.409 e. The largest absolute Gasteiger partial charge is 0.409 e. The maximum atomic E-state index is 12.6. The molecule has 0 amide bonds. The number of rotatable bonds is 6. The van der Waals surface area contributed by atoms with Gasteiger partial charge in [0.05, 0.1) is 0 Å². The monoisotopic (exact) mass is 268 g/mol. The SMILES string of the molecule is NC(=NO)C(CNCCN1CCCC1)C(F)(F)F. The van der Waals surface area contributed by atoms with Gasteiger partial charge in [0.2, 0.25) is 0 Å². The van der Waals surface area contributed by atoms with Gasteiger partial charge < -0.3 is 21.2 Å². The Kier molecular flexibility index (Phi) is 5.67. The third-order valence-corrected chi connectivity index (χ3v) is 3.02. The summed E-state index contributed by atoms with van der Waals surface area (Å²) in [5.74, 6) is -2.75. The first kappa shape index (κ1) is 15.0. The fraction of sp³-hybridized carbons (Fsp3) is 0.900. The molecule has 0 aliphatic carbocycles. The number of halogens is 3. The van der Waals surface area contributed by atoms with Crippen molar-refractivity contribution in [3.8, 4) is 0 Å². The first-order valence-corrected chi connectivity index (χ1v) is 5.92. The van der Waals surface area contributed by atoms with Crippen LogP contribution in [-0.4, -0.2) is 54.8 Å². The molecule has 0 spiro atoms. The van der Waals surface area contributed by atoms with Crippen LogP contribution in [0.1, 0.15) is 12.8 Å². The minimum absolute atomic E-state index is 0.368. The van der Waals surface area contributed by atoms with Crippen molar-refractivity contribution in [3.05, 3.63) is 0 Å². The molecule has 1 aliphatic rings. The van der Waals surface area contributed by atoms with Gasteiger partial charge in [0.15, 0.2) is 5.84 Å². The summed E-state index contributed by atoms with van der Waals surface area (Å²) in [6.07, 6.45) is -2.21. The number of likely N-dealkylation sites (tertiary alicyclic amines) is 1. The Labute approximate surface area is 104 Å².